The number of aromatic nitrogens is 4. The molecule has 0 atom stereocenters. The highest BCUT2D eigenvalue weighted by Gasteiger charge is 2.12. The van der Waals surface area contributed by atoms with E-state index in [4.69, 9.17) is 0 Å². The van der Waals surface area contributed by atoms with Gasteiger partial charge < -0.3 is 20.9 Å². The van der Waals surface area contributed by atoms with Crippen LogP contribution in [0.2, 0.25) is 0 Å². The predicted octanol–water partition coefficient (Wildman–Crippen LogP) is 1.61. The number of rotatable bonds is 8. The average molecular weight is 445 g/mol. The molecule has 10 heteroatoms. The molecule has 0 spiro atoms. The Morgan fingerprint density at radius 2 is 1.64 bits per heavy atom. The summed E-state index contributed by atoms with van der Waals surface area (Å²) in [5.41, 5.74) is 1.84. The second-order valence-corrected chi connectivity index (χ2v) is 7.26. The third-order valence-corrected chi connectivity index (χ3v) is 4.87. The van der Waals surface area contributed by atoms with Crippen LogP contribution in [-0.2, 0) is 17.9 Å². The molecule has 2 heterocycles. The van der Waals surface area contributed by atoms with E-state index in [1.807, 2.05) is 60.7 Å². The summed E-state index contributed by atoms with van der Waals surface area (Å²) in [6.07, 6.45) is 1.61. The van der Waals surface area contributed by atoms with Crippen LogP contribution in [0.4, 0.5) is 4.79 Å². The Kier molecular flexibility index (Phi) is 6.74. The predicted molar refractivity (Wildman–Crippen MR) is 123 cm³/mol. The van der Waals surface area contributed by atoms with Crippen LogP contribution < -0.4 is 21.5 Å². The van der Waals surface area contributed by atoms with Crippen LogP contribution in [0.25, 0.3) is 16.7 Å². The minimum atomic E-state index is -0.467. The highest BCUT2D eigenvalue weighted by atomic mass is 16.2. The molecule has 4 N–H and O–H groups in total. The quantitative estimate of drug-likeness (QED) is 0.327. The zero-order valence-corrected chi connectivity index (χ0v) is 17.7. The monoisotopic (exact) mass is 445 g/mol. The number of para-hydroxylation sites is 1. The van der Waals surface area contributed by atoms with Crippen LogP contribution in [0.3, 0.4) is 0 Å². The van der Waals surface area contributed by atoms with E-state index in [2.05, 4.69) is 31.0 Å². The summed E-state index contributed by atoms with van der Waals surface area (Å²) in [5, 5.41) is 12.7. The van der Waals surface area contributed by atoms with Crippen molar-refractivity contribution < 1.29 is 9.59 Å². The molecule has 0 unspecified atom stereocenters. The molecular formula is C23H23N7O3. The first-order valence-corrected chi connectivity index (χ1v) is 10.4. The summed E-state index contributed by atoms with van der Waals surface area (Å²) >= 11 is 0. The first-order valence-electron chi connectivity index (χ1n) is 10.4. The van der Waals surface area contributed by atoms with E-state index >= 15 is 0 Å². The maximum Gasteiger partial charge on any atom is 0.315 e. The summed E-state index contributed by atoms with van der Waals surface area (Å²) in [5.74, 6) is 0.130. The maximum atomic E-state index is 12.4. The van der Waals surface area contributed by atoms with E-state index in [0.29, 0.717) is 23.4 Å². The Bertz CT molecular complexity index is 1300. The molecule has 4 rings (SSSR count). The number of amides is 3. The number of hydrogen-bond donors (Lipinski definition) is 4. The molecule has 4 aromatic rings. The lowest BCUT2D eigenvalue weighted by Gasteiger charge is -2.09. The van der Waals surface area contributed by atoms with E-state index in [1.165, 1.54) is 6.20 Å². The van der Waals surface area contributed by atoms with Crippen LogP contribution in [0, 0.1) is 0 Å². The molecular weight excluding hydrogens is 422 g/mol. The van der Waals surface area contributed by atoms with Gasteiger partial charge in [0, 0.05) is 19.5 Å². The standard InChI is InChI=1S/C23H23N7O3/c31-20(25-13-16-7-3-1-4-8-16)11-12-24-23(33)26-15-19-28-21-18(22(32)29-19)14-27-30(21)17-9-5-2-6-10-17/h1-10,14H,11-13,15H2,(H,25,31)(H2,24,26,33)(H,28,29,32). The molecule has 0 radical (unpaired) electrons. The fraction of sp³-hybridized carbons (Fsp3) is 0.174. The van der Waals surface area contributed by atoms with Crippen molar-refractivity contribution in [2.75, 3.05) is 6.54 Å². The number of aromatic amines is 1. The van der Waals surface area contributed by atoms with E-state index in [1.54, 1.807) is 4.68 Å². The van der Waals surface area contributed by atoms with Gasteiger partial charge in [-0.05, 0) is 17.7 Å². The molecule has 33 heavy (non-hydrogen) atoms. The molecule has 2 aromatic heterocycles. The van der Waals surface area contributed by atoms with Crippen molar-refractivity contribution in [1.82, 2.24) is 35.7 Å². The molecule has 0 fully saturated rings. The molecule has 10 nitrogen and oxygen atoms in total. The Hall–Kier alpha value is -4.47. The maximum absolute atomic E-state index is 12.4. The third kappa shape index (κ3) is 5.62. The number of carbonyl (C=O) groups is 2. The number of nitrogens with one attached hydrogen (secondary N) is 4. The molecule has 0 aliphatic carbocycles. The van der Waals surface area contributed by atoms with Gasteiger partial charge in [-0.2, -0.15) is 5.10 Å². The molecule has 0 aliphatic heterocycles. The van der Waals surface area contributed by atoms with Crippen molar-refractivity contribution in [1.29, 1.82) is 0 Å². The van der Waals surface area contributed by atoms with Gasteiger partial charge in [-0.15, -0.1) is 0 Å². The Morgan fingerprint density at radius 1 is 0.909 bits per heavy atom. The zero-order valence-electron chi connectivity index (χ0n) is 17.7. The van der Waals surface area contributed by atoms with E-state index in [-0.39, 0.29) is 31.0 Å². The second-order valence-electron chi connectivity index (χ2n) is 7.26. The zero-order chi connectivity index (χ0) is 23.0. The fourth-order valence-electron chi connectivity index (χ4n) is 3.21. The van der Waals surface area contributed by atoms with Gasteiger partial charge in [0.2, 0.25) is 5.91 Å². The molecule has 0 bridgehead atoms. The lowest BCUT2D eigenvalue weighted by molar-refractivity contribution is -0.121. The molecule has 0 aliphatic rings. The SMILES string of the molecule is O=C(CCNC(=O)NCc1nc2c(cnn2-c2ccccc2)c(=O)[nH]1)NCc1ccccc1. The average Bonchev–Trinajstić information content (AvgIpc) is 3.27. The van der Waals surface area contributed by atoms with Gasteiger partial charge in [0.1, 0.15) is 11.2 Å². The van der Waals surface area contributed by atoms with Crippen LogP contribution in [0.15, 0.2) is 71.7 Å². The molecule has 3 amide bonds. The topological polar surface area (TPSA) is 134 Å². The summed E-state index contributed by atoms with van der Waals surface area (Å²) in [6, 6.07) is 18.4. The summed E-state index contributed by atoms with van der Waals surface area (Å²) in [6.45, 7) is 0.625. The minimum absolute atomic E-state index is 0.0111. The van der Waals surface area contributed by atoms with Gasteiger partial charge in [-0.1, -0.05) is 48.5 Å². The number of urea groups is 1. The normalized spacial score (nSPS) is 10.7. The van der Waals surface area contributed by atoms with Gasteiger partial charge in [0.05, 0.1) is 18.4 Å². The fourth-order valence-corrected chi connectivity index (χ4v) is 3.21. The van der Waals surface area contributed by atoms with Crippen LogP contribution >= 0.6 is 0 Å². The van der Waals surface area contributed by atoms with Crippen molar-refractivity contribution in [2.45, 2.75) is 19.5 Å². The molecule has 0 saturated carbocycles. The highest BCUT2D eigenvalue weighted by Crippen LogP contribution is 2.13. The van der Waals surface area contributed by atoms with Crippen molar-refractivity contribution in [3.05, 3.63) is 88.6 Å². The Balaban J connectivity index is 1.28. The molecule has 0 saturated heterocycles. The Morgan fingerprint density at radius 3 is 2.39 bits per heavy atom. The van der Waals surface area contributed by atoms with Gasteiger partial charge in [0.25, 0.3) is 5.56 Å². The first kappa shape index (κ1) is 21.8. The van der Waals surface area contributed by atoms with E-state index < -0.39 is 6.03 Å². The highest BCUT2D eigenvalue weighted by molar-refractivity contribution is 5.78. The minimum Gasteiger partial charge on any atom is -0.352 e. The molecule has 168 valence electrons. The lowest BCUT2D eigenvalue weighted by atomic mass is 10.2. The van der Waals surface area contributed by atoms with Gasteiger partial charge >= 0.3 is 6.03 Å². The second kappa shape index (κ2) is 10.2. The summed E-state index contributed by atoms with van der Waals surface area (Å²) in [4.78, 5) is 43.5. The lowest BCUT2D eigenvalue weighted by Crippen LogP contribution is -2.38. The number of nitrogens with zero attached hydrogens (tertiary/aromatic N) is 3. The van der Waals surface area contributed by atoms with Crippen molar-refractivity contribution in [3.63, 3.8) is 0 Å². The number of benzene rings is 2. The largest absolute Gasteiger partial charge is 0.352 e. The van der Waals surface area contributed by atoms with Gasteiger partial charge in [-0.25, -0.2) is 14.5 Å². The van der Waals surface area contributed by atoms with Gasteiger partial charge in [-0.3, -0.25) is 9.59 Å². The Labute approximate surface area is 189 Å². The smallest absolute Gasteiger partial charge is 0.315 e. The molecule has 2 aromatic carbocycles. The van der Waals surface area contributed by atoms with Crippen LogP contribution in [0.5, 0.6) is 0 Å². The van der Waals surface area contributed by atoms with Crippen molar-refractivity contribution >= 4 is 23.0 Å². The van der Waals surface area contributed by atoms with Crippen LogP contribution in [-0.4, -0.2) is 38.2 Å². The third-order valence-electron chi connectivity index (χ3n) is 4.87. The number of fused-ring (bicyclic) bond motifs is 1. The van der Waals surface area contributed by atoms with Crippen LogP contribution in [0.1, 0.15) is 17.8 Å². The first-order chi connectivity index (χ1) is 16.1. The van der Waals surface area contributed by atoms with Crippen molar-refractivity contribution in [2.24, 2.45) is 0 Å². The van der Waals surface area contributed by atoms with Gasteiger partial charge in [0.15, 0.2) is 5.65 Å². The van der Waals surface area contributed by atoms with Crippen molar-refractivity contribution in [3.8, 4) is 5.69 Å². The number of hydrogen-bond acceptors (Lipinski definition) is 5. The van der Waals surface area contributed by atoms with E-state index in [0.717, 1.165) is 11.3 Å². The van der Waals surface area contributed by atoms with E-state index in [9.17, 15) is 14.4 Å². The number of H-pyrrole nitrogens is 1. The number of carbonyl (C=O) groups excluding carboxylic acids is 2. The summed E-state index contributed by atoms with van der Waals surface area (Å²) in [7, 11) is 0. The summed E-state index contributed by atoms with van der Waals surface area (Å²) < 4.78 is 1.57.